The van der Waals surface area contributed by atoms with E-state index in [4.69, 9.17) is 8.94 Å². The number of hydrogen-bond acceptors (Lipinski definition) is 7. The Labute approximate surface area is 211 Å². The summed E-state index contributed by atoms with van der Waals surface area (Å²) in [6.07, 6.45) is 5.36. The molecule has 0 bridgehead atoms. The second-order valence-corrected chi connectivity index (χ2v) is 10.3. The van der Waals surface area contributed by atoms with Crippen molar-refractivity contribution in [2.45, 2.75) is 77.0 Å². The highest BCUT2D eigenvalue weighted by Crippen LogP contribution is 2.40. The Morgan fingerprint density at radius 1 is 1.19 bits per heavy atom. The maximum atomic E-state index is 13.1. The fourth-order valence-corrected chi connectivity index (χ4v) is 3.80. The first-order chi connectivity index (χ1) is 17.3. The second-order valence-electron chi connectivity index (χ2n) is 10.3. The van der Waals surface area contributed by atoms with Crippen molar-refractivity contribution in [3.05, 3.63) is 54.0 Å². The summed E-state index contributed by atoms with van der Waals surface area (Å²) in [4.78, 5) is 19.3. The summed E-state index contributed by atoms with van der Waals surface area (Å²) in [6.45, 7) is 9.77. The van der Waals surface area contributed by atoms with Crippen LogP contribution in [0.25, 0.3) is 11.5 Å². The number of amides is 1. The van der Waals surface area contributed by atoms with Gasteiger partial charge in [0, 0.05) is 47.5 Å². The van der Waals surface area contributed by atoms with Gasteiger partial charge in [0.1, 0.15) is 0 Å². The molecule has 4 rings (SSSR count). The Morgan fingerprint density at radius 2 is 2.00 bits per heavy atom. The van der Waals surface area contributed by atoms with Crippen LogP contribution in [0.1, 0.15) is 82.8 Å². The molecule has 1 aliphatic carbocycles. The lowest BCUT2D eigenvalue weighted by molar-refractivity contribution is -0.115. The molecule has 9 heteroatoms. The number of benzene rings is 1. The van der Waals surface area contributed by atoms with Gasteiger partial charge in [-0.05, 0) is 43.9 Å². The van der Waals surface area contributed by atoms with Crippen LogP contribution in [-0.2, 0) is 16.6 Å². The molecule has 2 heterocycles. The topological polar surface area (TPSA) is 98.2 Å². The normalized spacial score (nSPS) is 13.7. The molecule has 3 aromatic rings. The number of carbonyl (C=O) groups excluding carboxylic acids is 1. The Kier molecular flexibility index (Phi) is 7.96. The maximum absolute atomic E-state index is 13.1. The number of aromatic nitrogens is 4. The molecule has 2 aromatic heterocycles. The molecule has 0 spiro atoms. The maximum Gasteiger partial charge on any atom is 0.253 e. The smallest absolute Gasteiger partial charge is 0.253 e. The zero-order chi connectivity index (χ0) is 25.7. The van der Waals surface area contributed by atoms with Crippen molar-refractivity contribution in [1.82, 2.24) is 20.3 Å². The fourth-order valence-electron chi connectivity index (χ4n) is 3.80. The lowest BCUT2D eigenvalue weighted by Gasteiger charge is -2.24. The van der Waals surface area contributed by atoms with E-state index in [1.54, 1.807) is 4.90 Å². The number of carbonyl (C=O) groups is 1. The van der Waals surface area contributed by atoms with E-state index in [9.17, 15) is 9.18 Å². The number of anilines is 1. The van der Waals surface area contributed by atoms with Crippen molar-refractivity contribution in [3.63, 3.8) is 0 Å². The zero-order valence-electron chi connectivity index (χ0n) is 21.3. The number of rotatable bonds is 12. The van der Waals surface area contributed by atoms with Gasteiger partial charge in [0.2, 0.25) is 17.7 Å². The van der Waals surface area contributed by atoms with Crippen molar-refractivity contribution in [1.29, 1.82) is 0 Å². The third kappa shape index (κ3) is 6.44. The monoisotopic (exact) mass is 495 g/mol. The molecule has 36 heavy (non-hydrogen) atoms. The number of nitrogens with zero attached hydrogens (tertiary/aromatic N) is 5. The summed E-state index contributed by atoms with van der Waals surface area (Å²) >= 11 is 0. The van der Waals surface area contributed by atoms with Crippen molar-refractivity contribution in [2.75, 3.05) is 18.1 Å². The molecule has 1 saturated carbocycles. The predicted octanol–water partition coefficient (Wildman–Crippen LogP) is 5.96. The van der Waals surface area contributed by atoms with E-state index >= 15 is 0 Å². The molecule has 1 fully saturated rings. The van der Waals surface area contributed by atoms with E-state index < -0.39 is 6.67 Å². The van der Waals surface area contributed by atoms with Gasteiger partial charge in [0.05, 0.1) is 6.67 Å². The molecular weight excluding hydrogens is 461 g/mol. The minimum atomic E-state index is -0.619. The van der Waals surface area contributed by atoms with Gasteiger partial charge in [0.15, 0.2) is 5.82 Å². The molecule has 0 radical (unpaired) electrons. The van der Waals surface area contributed by atoms with Crippen LogP contribution < -0.4 is 4.90 Å². The molecule has 0 unspecified atom stereocenters. The van der Waals surface area contributed by atoms with Gasteiger partial charge in [-0.2, -0.15) is 4.98 Å². The number of hydrogen-bond donors (Lipinski definition) is 0. The molecular formula is C27H34FN5O3. The molecule has 192 valence electrons. The van der Waals surface area contributed by atoms with Gasteiger partial charge in [-0.15, -0.1) is 10.2 Å². The average Bonchev–Trinajstić information content (AvgIpc) is 3.37. The van der Waals surface area contributed by atoms with Crippen molar-refractivity contribution in [3.8, 4) is 11.5 Å². The van der Waals surface area contributed by atoms with Crippen LogP contribution in [0.2, 0.25) is 0 Å². The number of alkyl halides is 1. The Hall–Kier alpha value is -3.36. The summed E-state index contributed by atoms with van der Waals surface area (Å²) in [5.74, 6) is 2.51. The molecule has 0 saturated heterocycles. The summed E-state index contributed by atoms with van der Waals surface area (Å²) in [5, 5.41) is 12.4. The lowest BCUT2D eigenvalue weighted by atomic mass is 9.97. The minimum Gasteiger partial charge on any atom is -0.420 e. The van der Waals surface area contributed by atoms with Gasteiger partial charge >= 0.3 is 0 Å². The summed E-state index contributed by atoms with van der Waals surface area (Å²) in [5.41, 5.74) is 1.51. The van der Waals surface area contributed by atoms with Crippen molar-refractivity contribution >= 4 is 11.6 Å². The third-order valence-corrected chi connectivity index (χ3v) is 6.11. The van der Waals surface area contributed by atoms with E-state index in [0.717, 1.165) is 37.7 Å². The van der Waals surface area contributed by atoms with Crippen LogP contribution in [0.3, 0.4) is 0 Å². The summed E-state index contributed by atoms with van der Waals surface area (Å²) < 4.78 is 24.1. The summed E-state index contributed by atoms with van der Waals surface area (Å²) in [7, 11) is 0. The number of unbranched alkanes of at least 4 members (excludes halogenated alkanes) is 2. The van der Waals surface area contributed by atoms with Crippen LogP contribution in [0.5, 0.6) is 0 Å². The minimum absolute atomic E-state index is 0.0113. The molecule has 0 aliphatic heterocycles. The van der Waals surface area contributed by atoms with Crippen LogP contribution in [0.15, 0.2) is 45.4 Å². The first-order valence-electron chi connectivity index (χ1n) is 12.6. The number of halogens is 1. The van der Waals surface area contributed by atoms with Gasteiger partial charge in [-0.1, -0.05) is 45.0 Å². The van der Waals surface area contributed by atoms with E-state index in [2.05, 4.69) is 26.9 Å². The fraction of sp³-hybridized carbons (Fsp3) is 0.519. The second kappa shape index (κ2) is 11.1. The van der Waals surface area contributed by atoms with E-state index in [1.165, 1.54) is 0 Å². The zero-order valence-corrected chi connectivity index (χ0v) is 21.3. The van der Waals surface area contributed by atoms with E-state index in [-0.39, 0.29) is 23.3 Å². The molecule has 1 amide bonds. The van der Waals surface area contributed by atoms with Gasteiger partial charge in [0.25, 0.3) is 5.91 Å². The van der Waals surface area contributed by atoms with Crippen molar-refractivity contribution < 1.29 is 18.1 Å². The lowest BCUT2D eigenvalue weighted by Crippen LogP contribution is -2.33. The molecule has 8 nitrogen and oxygen atoms in total. The Balaban J connectivity index is 1.40. The standard InChI is InChI=1S/C27H34FN5O3/c1-18(14-15-28)25(34)33(16-7-5-6-11-22-29-26(36-32-22)27(2,3)4)21-10-8-9-20(17-21)24-31-30-23(35-24)19-12-13-19/h8-10,17,19H,1,5-7,11-16H2,2-4H3. The van der Waals surface area contributed by atoms with Crippen LogP contribution in [0.4, 0.5) is 10.1 Å². The molecule has 1 aromatic carbocycles. The highest BCUT2D eigenvalue weighted by Gasteiger charge is 2.29. The quantitative estimate of drug-likeness (QED) is 0.226. The Bertz CT molecular complexity index is 1190. The SMILES string of the molecule is C=C(CCF)C(=O)N(CCCCCc1noc(C(C)(C)C)n1)c1cccc(-c2nnc(C3CC3)o2)c1. The third-order valence-electron chi connectivity index (χ3n) is 6.11. The highest BCUT2D eigenvalue weighted by molar-refractivity contribution is 6.05. The Morgan fingerprint density at radius 3 is 2.69 bits per heavy atom. The molecule has 0 N–H and O–H groups in total. The largest absolute Gasteiger partial charge is 0.420 e. The predicted molar refractivity (Wildman–Crippen MR) is 134 cm³/mol. The van der Waals surface area contributed by atoms with Crippen LogP contribution >= 0.6 is 0 Å². The van der Waals surface area contributed by atoms with E-state index in [0.29, 0.717) is 48.1 Å². The van der Waals surface area contributed by atoms with Gasteiger partial charge < -0.3 is 13.8 Å². The average molecular weight is 496 g/mol. The van der Waals surface area contributed by atoms with Crippen LogP contribution in [0, 0.1) is 0 Å². The van der Waals surface area contributed by atoms with Gasteiger partial charge in [-0.25, -0.2) is 0 Å². The highest BCUT2D eigenvalue weighted by atomic mass is 19.1. The molecule has 1 aliphatic rings. The molecule has 0 atom stereocenters. The number of aryl methyl sites for hydroxylation is 1. The van der Waals surface area contributed by atoms with E-state index in [1.807, 2.05) is 45.0 Å². The van der Waals surface area contributed by atoms with Gasteiger partial charge in [-0.3, -0.25) is 9.18 Å². The van der Waals surface area contributed by atoms with Crippen molar-refractivity contribution in [2.24, 2.45) is 0 Å². The summed E-state index contributed by atoms with van der Waals surface area (Å²) in [6, 6.07) is 7.45. The first-order valence-corrected chi connectivity index (χ1v) is 12.6. The first kappa shape index (κ1) is 25.7. The van der Waals surface area contributed by atoms with Crippen LogP contribution in [-0.4, -0.2) is 39.5 Å².